The lowest BCUT2D eigenvalue weighted by Crippen LogP contribution is -2.14. The molecule has 2 N–H and O–H groups in total. The number of nitrogens with one attached hydrogen (secondary N) is 1. The van der Waals surface area contributed by atoms with Crippen molar-refractivity contribution in [2.75, 3.05) is 5.32 Å². The molecule has 1 heterocycles. The van der Waals surface area contributed by atoms with Gasteiger partial charge in [0.2, 0.25) is 0 Å². The third-order valence-electron chi connectivity index (χ3n) is 3.44. The third-order valence-corrected chi connectivity index (χ3v) is 4.72. The van der Waals surface area contributed by atoms with Gasteiger partial charge in [-0.15, -0.1) is 11.3 Å². The van der Waals surface area contributed by atoms with E-state index in [0.29, 0.717) is 5.02 Å². The van der Waals surface area contributed by atoms with Gasteiger partial charge in [-0.05, 0) is 35.9 Å². The van der Waals surface area contributed by atoms with Crippen molar-refractivity contribution in [3.63, 3.8) is 0 Å². The Kier molecular flexibility index (Phi) is 4.98. The number of hydrogen-bond donors (Lipinski definition) is 2. The third kappa shape index (κ3) is 3.72. The Labute approximate surface area is 157 Å². The second-order valence-corrected chi connectivity index (χ2v) is 6.64. The number of amides is 1. The van der Waals surface area contributed by atoms with Crippen molar-refractivity contribution in [2.24, 2.45) is 0 Å². The minimum absolute atomic E-state index is 0.0982. The predicted octanol–water partition coefficient (Wildman–Crippen LogP) is 4.29. The molecule has 0 radical (unpaired) electrons. The Balaban J connectivity index is 1.86. The van der Waals surface area contributed by atoms with Gasteiger partial charge in [-0.2, -0.15) is 5.26 Å². The number of benzene rings is 2. The number of nitriles is 1. The molecule has 0 unspecified atom stereocenters. The van der Waals surface area contributed by atoms with Gasteiger partial charge >= 0.3 is 5.97 Å². The SMILES string of the molecule is N#Cc1ccc(NC(=O)c2ncc(-c3cccc(Cl)c3)s2)c(C(=O)O)c1. The fourth-order valence-corrected chi connectivity index (χ4v) is 3.23. The van der Waals surface area contributed by atoms with Crippen LogP contribution in [0.2, 0.25) is 5.02 Å². The van der Waals surface area contributed by atoms with Crippen LogP contribution in [0.4, 0.5) is 5.69 Å². The van der Waals surface area contributed by atoms with E-state index in [0.717, 1.165) is 21.8 Å². The highest BCUT2D eigenvalue weighted by Crippen LogP contribution is 2.28. The van der Waals surface area contributed by atoms with E-state index in [1.807, 2.05) is 12.1 Å². The highest BCUT2D eigenvalue weighted by Gasteiger charge is 2.17. The van der Waals surface area contributed by atoms with E-state index < -0.39 is 11.9 Å². The fourth-order valence-electron chi connectivity index (χ4n) is 2.23. The minimum atomic E-state index is -1.24. The molecule has 0 atom stereocenters. The molecular formula is C18H10ClN3O3S. The lowest BCUT2D eigenvalue weighted by Gasteiger charge is -2.07. The van der Waals surface area contributed by atoms with E-state index in [4.69, 9.17) is 16.9 Å². The van der Waals surface area contributed by atoms with Gasteiger partial charge in [-0.25, -0.2) is 9.78 Å². The average molecular weight is 384 g/mol. The molecule has 1 amide bonds. The zero-order valence-corrected chi connectivity index (χ0v) is 14.6. The molecule has 8 heteroatoms. The number of carboxylic acid groups (broad SMARTS) is 1. The van der Waals surface area contributed by atoms with Crippen LogP contribution in [0.1, 0.15) is 25.7 Å². The van der Waals surface area contributed by atoms with Crippen LogP contribution in [0.25, 0.3) is 10.4 Å². The van der Waals surface area contributed by atoms with Crippen molar-refractivity contribution in [2.45, 2.75) is 0 Å². The number of carboxylic acids is 1. The smallest absolute Gasteiger partial charge is 0.337 e. The van der Waals surface area contributed by atoms with Crippen LogP contribution in [0.15, 0.2) is 48.7 Å². The van der Waals surface area contributed by atoms with E-state index >= 15 is 0 Å². The lowest BCUT2D eigenvalue weighted by atomic mass is 10.1. The van der Waals surface area contributed by atoms with E-state index in [1.165, 1.54) is 18.2 Å². The maximum Gasteiger partial charge on any atom is 0.337 e. The Bertz CT molecular complexity index is 1060. The van der Waals surface area contributed by atoms with Crippen molar-refractivity contribution in [3.8, 4) is 16.5 Å². The predicted molar refractivity (Wildman–Crippen MR) is 98.6 cm³/mol. The zero-order valence-electron chi connectivity index (χ0n) is 13.1. The molecule has 0 aliphatic heterocycles. The molecule has 128 valence electrons. The second kappa shape index (κ2) is 7.35. The van der Waals surface area contributed by atoms with Gasteiger partial charge in [0.25, 0.3) is 5.91 Å². The molecule has 26 heavy (non-hydrogen) atoms. The van der Waals surface area contributed by atoms with E-state index in [9.17, 15) is 14.7 Å². The lowest BCUT2D eigenvalue weighted by molar-refractivity contribution is 0.0698. The largest absolute Gasteiger partial charge is 0.478 e. The summed E-state index contributed by atoms with van der Waals surface area (Å²) in [5, 5.41) is 21.4. The molecule has 0 aliphatic rings. The quantitative estimate of drug-likeness (QED) is 0.699. The first kappa shape index (κ1) is 17.6. The maximum atomic E-state index is 12.4. The number of nitrogens with zero attached hydrogens (tertiary/aromatic N) is 2. The van der Waals surface area contributed by atoms with Gasteiger partial charge in [-0.3, -0.25) is 4.79 Å². The summed E-state index contributed by atoms with van der Waals surface area (Å²) in [5.41, 5.74) is 0.960. The number of halogens is 1. The summed E-state index contributed by atoms with van der Waals surface area (Å²) >= 11 is 7.13. The number of aromatic nitrogens is 1. The number of hydrogen-bond acceptors (Lipinski definition) is 5. The zero-order chi connectivity index (χ0) is 18.7. The molecule has 6 nitrogen and oxygen atoms in total. The number of rotatable bonds is 4. The molecule has 0 saturated heterocycles. The van der Waals surface area contributed by atoms with Gasteiger partial charge in [0, 0.05) is 11.2 Å². The summed E-state index contributed by atoms with van der Waals surface area (Å²) in [6, 6.07) is 13.0. The van der Waals surface area contributed by atoms with Crippen LogP contribution >= 0.6 is 22.9 Å². The molecule has 0 bridgehead atoms. The van der Waals surface area contributed by atoms with E-state index in [1.54, 1.807) is 24.4 Å². The number of carbonyl (C=O) groups excluding carboxylic acids is 1. The first-order chi connectivity index (χ1) is 12.5. The van der Waals surface area contributed by atoms with Crippen molar-refractivity contribution in [1.82, 2.24) is 4.98 Å². The Morgan fingerprint density at radius 2 is 2.04 bits per heavy atom. The van der Waals surface area contributed by atoms with Gasteiger partial charge in [0.1, 0.15) is 0 Å². The number of aromatic carboxylic acids is 1. The monoisotopic (exact) mass is 383 g/mol. The molecule has 0 spiro atoms. The summed E-state index contributed by atoms with van der Waals surface area (Å²) in [5.74, 6) is -1.77. The standard InChI is InChI=1S/C18H10ClN3O3S/c19-12-3-1-2-11(7-12)15-9-21-17(26-15)16(23)22-14-5-4-10(8-20)6-13(14)18(24)25/h1-7,9H,(H,22,23)(H,24,25). The van der Waals surface area contributed by atoms with E-state index in [-0.39, 0.29) is 21.8 Å². The number of anilines is 1. The molecule has 2 aromatic carbocycles. The minimum Gasteiger partial charge on any atom is -0.478 e. The first-order valence-electron chi connectivity index (χ1n) is 7.28. The topological polar surface area (TPSA) is 103 Å². The molecule has 1 aromatic heterocycles. The van der Waals surface area contributed by atoms with Crippen LogP contribution in [-0.2, 0) is 0 Å². The summed E-state index contributed by atoms with van der Waals surface area (Å²) in [4.78, 5) is 28.6. The Morgan fingerprint density at radius 3 is 2.73 bits per heavy atom. The van der Waals surface area contributed by atoms with Crippen LogP contribution < -0.4 is 5.32 Å². The van der Waals surface area contributed by atoms with Crippen LogP contribution in [-0.4, -0.2) is 22.0 Å². The van der Waals surface area contributed by atoms with Crippen LogP contribution in [0, 0.1) is 11.3 Å². The van der Waals surface area contributed by atoms with Crippen LogP contribution in [0.3, 0.4) is 0 Å². The first-order valence-corrected chi connectivity index (χ1v) is 8.48. The van der Waals surface area contributed by atoms with Gasteiger partial charge < -0.3 is 10.4 Å². The normalized spacial score (nSPS) is 10.2. The van der Waals surface area contributed by atoms with Crippen molar-refractivity contribution in [3.05, 3.63) is 69.8 Å². The molecule has 0 saturated carbocycles. The molecule has 3 aromatic rings. The van der Waals surface area contributed by atoms with Gasteiger partial charge in [0.05, 0.1) is 27.8 Å². The summed E-state index contributed by atoms with van der Waals surface area (Å²) in [6.07, 6.45) is 1.56. The summed E-state index contributed by atoms with van der Waals surface area (Å²) in [6.45, 7) is 0. The van der Waals surface area contributed by atoms with Crippen molar-refractivity contribution >= 4 is 40.5 Å². The maximum absolute atomic E-state index is 12.4. The van der Waals surface area contributed by atoms with Gasteiger partial charge in [0.15, 0.2) is 5.01 Å². The Hall–Kier alpha value is -3.21. The highest BCUT2D eigenvalue weighted by atomic mass is 35.5. The van der Waals surface area contributed by atoms with Crippen molar-refractivity contribution < 1.29 is 14.7 Å². The number of thiazole rings is 1. The molecule has 3 rings (SSSR count). The molecule has 0 fully saturated rings. The summed E-state index contributed by atoms with van der Waals surface area (Å²) in [7, 11) is 0. The van der Waals surface area contributed by atoms with Gasteiger partial charge in [-0.1, -0.05) is 23.7 Å². The van der Waals surface area contributed by atoms with Crippen LogP contribution in [0.5, 0.6) is 0 Å². The Morgan fingerprint density at radius 1 is 1.23 bits per heavy atom. The fraction of sp³-hybridized carbons (Fsp3) is 0. The highest BCUT2D eigenvalue weighted by molar-refractivity contribution is 7.17. The van der Waals surface area contributed by atoms with E-state index in [2.05, 4.69) is 10.3 Å². The summed E-state index contributed by atoms with van der Waals surface area (Å²) < 4.78 is 0. The molecule has 0 aliphatic carbocycles. The number of carbonyl (C=O) groups is 2. The average Bonchev–Trinajstić information content (AvgIpc) is 3.12. The second-order valence-electron chi connectivity index (χ2n) is 5.17. The van der Waals surface area contributed by atoms with Crippen molar-refractivity contribution in [1.29, 1.82) is 5.26 Å². The molecular weight excluding hydrogens is 374 g/mol.